The van der Waals surface area contributed by atoms with Gasteiger partial charge in [-0.1, -0.05) is 54.6 Å². The van der Waals surface area contributed by atoms with E-state index in [1.54, 1.807) is 37.3 Å². The smallest absolute Gasteiger partial charge is 0.261 e. The van der Waals surface area contributed by atoms with Crippen LogP contribution in [0.5, 0.6) is 0 Å². The van der Waals surface area contributed by atoms with Crippen molar-refractivity contribution >= 4 is 72.7 Å². The lowest BCUT2D eigenvalue weighted by Gasteiger charge is -2.38. The zero-order valence-corrected chi connectivity index (χ0v) is 27.2. The van der Waals surface area contributed by atoms with Crippen LogP contribution in [0.15, 0.2) is 84.9 Å². The Kier molecular flexibility index (Phi) is 6.20. The topological polar surface area (TPSA) is 130 Å². The number of carbonyl (C=O) groups is 3. The molecule has 3 atom stereocenters. The number of hydrogen-bond donors (Lipinski definition) is 4. The monoisotopic (exact) mass is 654 g/mol. The number of anilines is 2. The van der Waals surface area contributed by atoms with Crippen molar-refractivity contribution in [2.45, 2.75) is 37.4 Å². The van der Waals surface area contributed by atoms with Crippen LogP contribution in [0.4, 0.5) is 11.4 Å². The quantitative estimate of drug-likeness (QED) is 0.183. The molecule has 2 aromatic heterocycles. The van der Waals surface area contributed by atoms with Gasteiger partial charge in [-0.15, -0.1) is 0 Å². The molecule has 0 aliphatic carbocycles. The van der Waals surface area contributed by atoms with Crippen molar-refractivity contribution in [3.8, 4) is 0 Å². The highest BCUT2D eigenvalue weighted by atomic mass is 16.6. The molecule has 1 saturated heterocycles. The number of carbonyl (C=O) groups excluding carboxylic acids is 3. The van der Waals surface area contributed by atoms with Gasteiger partial charge in [0.1, 0.15) is 6.23 Å². The minimum absolute atomic E-state index is 0.0678. The van der Waals surface area contributed by atoms with Gasteiger partial charge < -0.3 is 39.8 Å². The third-order valence-corrected chi connectivity index (χ3v) is 10.4. The van der Waals surface area contributed by atoms with Gasteiger partial charge in [-0.3, -0.25) is 14.4 Å². The standard InChI is InChI=1S/C38H34N6O5/c1-37-38(48,36(47)41-25-14-7-6-13-24(25)40-28(45)17-10-18-42(2)3)19-29(49-37)43-26-15-8-4-11-21(26)31-32-23(20-39-35(32)46)30-22-12-5-9-16-27(22)44(37)34(30)33(31)43/h4-17,29,48H,18-20H2,1-3H3,(H,39,46)(H,40,45)(H,41,47)/b17-10+/t29?,37-,38-/m0/s1. The molecule has 3 aliphatic heterocycles. The van der Waals surface area contributed by atoms with E-state index in [4.69, 9.17) is 4.74 Å². The van der Waals surface area contributed by atoms with Gasteiger partial charge in [0, 0.05) is 47.1 Å². The number of likely N-dealkylation sites (N-methyl/N-ethyl adjacent to an activating group) is 1. The van der Waals surface area contributed by atoms with Crippen molar-refractivity contribution in [1.29, 1.82) is 0 Å². The average Bonchev–Trinajstić information content (AvgIpc) is 3.78. The molecule has 246 valence electrons. The second-order valence-corrected chi connectivity index (χ2v) is 13.5. The third-order valence-electron chi connectivity index (χ3n) is 10.4. The van der Waals surface area contributed by atoms with Crippen molar-refractivity contribution in [2.75, 3.05) is 31.3 Å². The summed E-state index contributed by atoms with van der Waals surface area (Å²) >= 11 is 0. The van der Waals surface area contributed by atoms with Gasteiger partial charge in [0.2, 0.25) is 5.91 Å². The van der Waals surface area contributed by atoms with E-state index >= 15 is 0 Å². The van der Waals surface area contributed by atoms with Gasteiger partial charge in [-0.25, -0.2) is 0 Å². The van der Waals surface area contributed by atoms with Gasteiger partial charge in [-0.2, -0.15) is 0 Å². The Balaban J connectivity index is 1.24. The van der Waals surface area contributed by atoms with Crippen LogP contribution < -0.4 is 16.0 Å². The minimum Gasteiger partial charge on any atom is -0.376 e. The molecule has 4 aromatic carbocycles. The number of para-hydroxylation sites is 4. The number of nitrogens with zero attached hydrogens (tertiary/aromatic N) is 3. The number of aromatic nitrogens is 2. The number of fused-ring (bicyclic) bond motifs is 13. The van der Waals surface area contributed by atoms with Gasteiger partial charge in [-0.05, 0) is 50.8 Å². The average molecular weight is 655 g/mol. The highest BCUT2D eigenvalue weighted by molar-refractivity contribution is 6.31. The molecule has 0 saturated carbocycles. The first-order valence-electron chi connectivity index (χ1n) is 16.3. The van der Waals surface area contributed by atoms with E-state index in [2.05, 4.69) is 20.5 Å². The number of amides is 3. The van der Waals surface area contributed by atoms with Gasteiger partial charge in [0.25, 0.3) is 11.8 Å². The normalized spacial score (nSPS) is 22.6. The molecule has 11 nitrogen and oxygen atoms in total. The second kappa shape index (κ2) is 10.3. The largest absolute Gasteiger partial charge is 0.376 e. The number of nitrogens with one attached hydrogen (secondary N) is 3. The van der Waals surface area contributed by atoms with E-state index in [0.29, 0.717) is 30.0 Å². The summed E-state index contributed by atoms with van der Waals surface area (Å²) in [5, 5.41) is 25.2. The van der Waals surface area contributed by atoms with E-state index in [1.165, 1.54) is 6.08 Å². The molecule has 0 spiro atoms. The SMILES string of the molecule is CN(C)C/C=C/C(=O)Nc1ccccc1NC(=O)[C@@]1(O)CC2O[C@]1(C)n1c3ccccc3c3c4c(c5c6ccccc6n2c5c31)C(=O)NC4. The van der Waals surface area contributed by atoms with Crippen LogP contribution in [0.1, 0.15) is 35.5 Å². The first-order chi connectivity index (χ1) is 23.6. The van der Waals surface area contributed by atoms with Crippen molar-refractivity contribution in [2.24, 2.45) is 0 Å². The fraction of sp³-hybridized carbons (Fsp3) is 0.237. The fourth-order valence-electron chi connectivity index (χ4n) is 8.22. The summed E-state index contributed by atoms with van der Waals surface area (Å²) in [6, 6.07) is 22.6. The highest BCUT2D eigenvalue weighted by Crippen LogP contribution is 2.57. The lowest BCUT2D eigenvalue weighted by molar-refractivity contribution is -0.183. The fourth-order valence-corrected chi connectivity index (χ4v) is 8.22. The van der Waals surface area contributed by atoms with Crippen molar-refractivity contribution in [3.05, 3.63) is 96.1 Å². The Labute approximate surface area is 280 Å². The van der Waals surface area contributed by atoms with E-state index in [1.807, 2.05) is 72.1 Å². The summed E-state index contributed by atoms with van der Waals surface area (Å²) in [6.45, 7) is 2.73. The summed E-state index contributed by atoms with van der Waals surface area (Å²) in [4.78, 5) is 42.8. The van der Waals surface area contributed by atoms with Crippen LogP contribution in [0.2, 0.25) is 0 Å². The molecule has 49 heavy (non-hydrogen) atoms. The maximum atomic E-state index is 14.6. The van der Waals surface area contributed by atoms with Crippen LogP contribution >= 0.6 is 0 Å². The lowest BCUT2D eigenvalue weighted by Crippen LogP contribution is -2.57. The molecule has 4 N–H and O–H groups in total. The van der Waals surface area contributed by atoms with Crippen molar-refractivity contribution in [1.82, 2.24) is 19.4 Å². The summed E-state index contributed by atoms with van der Waals surface area (Å²) in [6.07, 6.45) is 2.39. The van der Waals surface area contributed by atoms with Crippen LogP contribution in [0.3, 0.4) is 0 Å². The number of rotatable bonds is 6. The molecular formula is C38H34N6O5. The second-order valence-electron chi connectivity index (χ2n) is 13.5. The molecule has 6 aromatic rings. The van der Waals surface area contributed by atoms with Crippen LogP contribution in [-0.4, -0.2) is 63.1 Å². The van der Waals surface area contributed by atoms with E-state index in [9.17, 15) is 19.5 Å². The van der Waals surface area contributed by atoms with Crippen molar-refractivity contribution in [3.63, 3.8) is 0 Å². The van der Waals surface area contributed by atoms with Crippen LogP contribution in [0, 0.1) is 0 Å². The summed E-state index contributed by atoms with van der Waals surface area (Å²) in [5.74, 6) is -1.12. The number of benzene rings is 4. The highest BCUT2D eigenvalue weighted by Gasteiger charge is 2.65. The molecule has 11 heteroatoms. The molecule has 9 rings (SSSR count). The molecule has 3 aliphatic rings. The maximum absolute atomic E-state index is 14.6. The van der Waals surface area contributed by atoms with Crippen molar-refractivity contribution < 1.29 is 24.2 Å². The molecule has 5 heterocycles. The van der Waals surface area contributed by atoms with Crippen LogP contribution in [0.25, 0.3) is 43.6 Å². The zero-order valence-electron chi connectivity index (χ0n) is 27.2. The minimum atomic E-state index is -2.07. The summed E-state index contributed by atoms with van der Waals surface area (Å²) in [7, 11) is 3.82. The molecule has 3 amide bonds. The zero-order chi connectivity index (χ0) is 33.8. The molecular weight excluding hydrogens is 620 g/mol. The van der Waals surface area contributed by atoms with Gasteiger partial charge >= 0.3 is 0 Å². The maximum Gasteiger partial charge on any atom is 0.261 e. The van der Waals surface area contributed by atoms with Crippen LogP contribution in [-0.2, 0) is 26.6 Å². The summed E-state index contributed by atoms with van der Waals surface area (Å²) in [5.41, 5.74) is 1.91. The summed E-state index contributed by atoms with van der Waals surface area (Å²) < 4.78 is 10.9. The first kappa shape index (κ1) is 29.6. The Morgan fingerprint density at radius 3 is 2.35 bits per heavy atom. The molecule has 0 radical (unpaired) electrons. The molecule has 2 bridgehead atoms. The number of ether oxygens (including phenoxy) is 1. The van der Waals surface area contributed by atoms with Gasteiger partial charge in [0.15, 0.2) is 11.3 Å². The molecule has 1 fully saturated rings. The van der Waals surface area contributed by atoms with Gasteiger partial charge in [0.05, 0.1) is 39.0 Å². The Morgan fingerprint density at radius 1 is 0.959 bits per heavy atom. The first-order valence-corrected chi connectivity index (χ1v) is 16.3. The third kappa shape index (κ3) is 3.91. The Bertz CT molecular complexity index is 2480. The predicted octanol–water partition coefficient (Wildman–Crippen LogP) is 5.18. The van der Waals surface area contributed by atoms with E-state index in [-0.39, 0.29) is 18.2 Å². The predicted molar refractivity (Wildman–Crippen MR) is 188 cm³/mol. The Morgan fingerprint density at radius 2 is 1.61 bits per heavy atom. The number of hydrogen-bond acceptors (Lipinski definition) is 6. The molecule has 1 unspecified atom stereocenters. The number of aliphatic hydroxyl groups is 1. The van der Waals surface area contributed by atoms with E-state index in [0.717, 1.165) is 49.2 Å². The Hall–Kier alpha value is -5.49. The van der Waals surface area contributed by atoms with E-state index < -0.39 is 23.5 Å². The lowest BCUT2D eigenvalue weighted by atomic mass is 9.87.